The minimum absolute atomic E-state index is 0.0575. The van der Waals surface area contributed by atoms with Crippen LogP contribution in [0.15, 0.2) is 89.7 Å². The lowest BCUT2D eigenvalue weighted by molar-refractivity contribution is -0.132. The summed E-state index contributed by atoms with van der Waals surface area (Å²) in [5, 5.41) is 0. The van der Waals surface area contributed by atoms with Gasteiger partial charge < -0.3 is 9.88 Å². The molecule has 1 saturated heterocycles. The number of likely N-dealkylation sites (tertiary alicyclic amines) is 1. The highest BCUT2D eigenvalue weighted by Gasteiger charge is 2.26. The van der Waals surface area contributed by atoms with Crippen molar-refractivity contribution in [3.05, 3.63) is 107 Å². The van der Waals surface area contributed by atoms with E-state index in [1.807, 2.05) is 45.9 Å². The Balaban J connectivity index is 1.14. The van der Waals surface area contributed by atoms with Crippen LogP contribution in [0.25, 0.3) is 11.0 Å². The van der Waals surface area contributed by atoms with E-state index in [2.05, 4.69) is 58.4 Å². The molecule has 1 aliphatic heterocycles. The number of H-pyrrole nitrogens is 1. The van der Waals surface area contributed by atoms with Crippen molar-refractivity contribution >= 4 is 16.9 Å². The molecular formula is C30H34N4O2. The van der Waals surface area contributed by atoms with Crippen LogP contribution in [0.3, 0.4) is 0 Å². The maximum absolute atomic E-state index is 13.0. The molecule has 0 saturated carbocycles. The van der Waals surface area contributed by atoms with E-state index in [9.17, 15) is 9.59 Å². The summed E-state index contributed by atoms with van der Waals surface area (Å²) in [5.41, 5.74) is 4.34. The first-order valence-electron chi connectivity index (χ1n) is 12.9. The highest BCUT2D eigenvalue weighted by Crippen LogP contribution is 2.25. The first kappa shape index (κ1) is 24.1. The maximum Gasteiger partial charge on any atom is 0.326 e. The van der Waals surface area contributed by atoms with E-state index in [4.69, 9.17) is 0 Å². The number of piperidine rings is 1. The zero-order valence-electron chi connectivity index (χ0n) is 20.7. The number of amides is 1. The summed E-state index contributed by atoms with van der Waals surface area (Å²) in [6.45, 7) is 4.01. The summed E-state index contributed by atoms with van der Waals surface area (Å²) in [6, 6.07) is 29.0. The van der Waals surface area contributed by atoms with Crippen LogP contribution in [0.5, 0.6) is 0 Å². The van der Waals surface area contributed by atoms with Gasteiger partial charge in [0, 0.05) is 38.6 Å². The second-order valence-corrected chi connectivity index (χ2v) is 9.71. The molecule has 1 amide bonds. The largest absolute Gasteiger partial charge is 0.343 e. The smallest absolute Gasteiger partial charge is 0.326 e. The zero-order chi connectivity index (χ0) is 24.7. The second kappa shape index (κ2) is 11.4. The SMILES string of the molecule is O=C(CCCN(Cc1ccccc1)Cc1ccccc1)N1CCC(n2c(=O)[nH]c3ccccc32)CC1. The number of benzene rings is 3. The molecule has 3 aromatic carbocycles. The van der Waals surface area contributed by atoms with Gasteiger partial charge >= 0.3 is 5.69 Å². The van der Waals surface area contributed by atoms with Gasteiger partial charge in [-0.1, -0.05) is 72.8 Å². The molecular weight excluding hydrogens is 448 g/mol. The summed E-state index contributed by atoms with van der Waals surface area (Å²) >= 11 is 0. The third kappa shape index (κ3) is 5.77. The molecule has 0 unspecified atom stereocenters. The molecule has 5 rings (SSSR count). The van der Waals surface area contributed by atoms with E-state index in [0.29, 0.717) is 19.5 Å². The van der Waals surface area contributed by atoms with Gasteiger partial charge in [-0.15, -0.1) is 0 Å². The first-order chi connectivity index (χ1) is 17.7. The topological polar surface area (TPSA) is 61.3 Å². The Morgan fingerprint density at radius 3 is 2.06 bits per heavy atom. The van der Waals surface area contributed by atoms with Crippen molar-refractivity contribution in [3.8, 4) is 0 Å². The molecule has 0 bridgehead atoms. The molecule has 1 N–H and O–H groups in total. The van der Waals surface area contributed by atoms with Gasteiger partial charge in [0.05, 0.1) is 11.0 Å². The number of hydrogen-bond donors (Lipinski definition) is 1. The lowest BCUT2D eigenvalue weighted by Crippen LogP contribution is -2.40. The van der Waals surface area contributed by atoms with Crippen molar-refractivity contribution < 1.29 is 4.79 Å². The summed E-state index contributed by atoms with van der Waals surface area (Å²) in [7, 11) is 0. The van der Waals surface area contributed by atoms with Crippen LogP contribution in [-0.4, -0.2) is 44.9 Å². The molecule has 4 aromatic rings. The molecule has 0 radical (unpaired) electrons. The first-order valence-corrected chi connectivity index (χ1v) is 12.9. The quantitative estimate of drug-likeness (QED) is 0.366. The van der Waals surface area contributed by atoms with Gasteiger partial charge in [0.2, 0.25) is 5.91 Å². The van der Waals surface area contributed by atoms with Gasteiger partial charge in [-0.05, 0) is 49.1 Å². The average molecular weight is 483 g/mol. The highest BCUT2D eigenvalue weighted by molar-refractivity contribution is 5.76. The molecule has 0 atom stereocenters. The van der Waals surface area contributed by atoms with Crippen LogP contribution in [0.1, 0.15) is 42.9 Å². The van der Waals surface area contributed by atoms with Gasteiger partial charge in [-0.25, -0.2) is 4.79 Å². The number of aromatic amines is 1. The Hall–Kier alpha value is -3.64. The molecule has 0 aliphatic carbocycles. The summed E-state index contributed by atoms with van der Waals surface area (Å²) in [6.07, 6.45) is 3.00. The Bertz CT molecular complexity index is 1280. The fraction of sp³-hybridized carbons (Fsp3) is 0.333. The molecule has 1 aromatic heterocycles. The minimum atomic E-state index is -0.0575. The molecule has 6 heteroatoms. The van der Waals surface area contributed by atoms with E-state index in [-0.39, 0.29) is 17.6 Å². The fourth-order valence-corrected chi connectivity index (χ4v) is 5.32. The van der Waals surface area contributed by atoms with Gasteiger partial charge in [0.25, 0.3) is 0 Å². The number of rotatable bonds is 9. The average Bonchev–Trinajstić information content (AvgIpc) is 3.25. The van der Waals surface area contributed by atoms with Crippen molar-refractivity contribution in [2.24, 2.45) is 0 Å². The standard InChI is InChI=1S/C30H34N4O2/c35-29(33-20-17-26(18-21-33)34-28-15-8-7-14-27(28)31-30(34)36)16-9-19-32(22-24-10-3-1-4-11-24)23-25-12-5-2-6-13-25/h1-8,10-15,26H,9,16-23H2,(H,31,36). The maximum atomic E-state index is 13.0. The number of imidazole rings is 1. The predicted octanol–water partition coefficient (Wildman–Crippen LogP) is 4.98. The van der Waals surface area contributed by atoms with Gasteiger partial charge in [-0.2, -0.15) is 0 Å². The summed E-state index contributed by atoms with van der Waals surface area (Å²) in [4.78, 5) is 32.9. The predicted molar refractivity (Wildman–Crippen MR) is 144 cm³/mol. The number of fused-ring (bicyclic) bond motifs is 1. The van der Waals surface area contributed by atoms with Crippen molar-refractivity contribution in [1.29, 1.82) is 0 Å². The van der Waals surface area contributed by atoms with Crippen molar-refractivity contribution in [1.82, 2.24) is 19.4 Å². The van der Waals surface area contributed by atoms with Gasteiger partial charge in [-0.3, -0.25) is 14.3 Å². The second-order valence-electron chi connectivity index (χ2n) is 9.71. The molecule has 36 heavy (non-hydrogen) atoms. The van der Waals surface area contributed by atoms with Crippen LogP contribution in [0.2, 0.25) is 0 Å². The van der Waals surface area contributed by atoms with Crippen molar-refractivity contribution in [2.45, 2.75) is 44.8 Å². The van der Waals surface area contributed by atoms with Gasteiger partial charge in [0.15, 0.2) is 0 Å². The van der Waals surface area contributed by atoms with E-state index in [1.165, 1.54) is 11.1 Å². The number of aromatic nitrogens is 2. The fourth-order valence-electron chi connectivity index (χ4n) is 5.32. The van der Waals surface area contributed by atoms with Crippen LogP contribution in [-0.2, 0) is 17.9 Å². The number of nitrogens with zero attached hydrogens (tertiary/aromatic N) is 3. The highest BCUT2D eigenvalue weighted by atomic mass is 16.2. The lowest BCUT2D eigenvalue weighted by Gasteiger charge is -2.33. The van der Waals surface area contributed by atoms with E-state index in [1.54, 1.807) is 0 Å². The Kier molecular flexibility index (Phi) is 7.62. The number of hydrogen-bond acceptors (Lipinski definition) is 3. The normalized spacial score (nSPS) is 14.5. The Morgan fingerprint density at radius 2 is 1.42 bits per heavy atom. The summed E-state index contributed by atoms with van der Waals surface area (Å²) in [5.74, 6) is 0.221. The molecule has 0 spiro atoms. The lowest BCUT2D eigenvalue weighted by atomic mass is 10.0. The molecule has 1 fully saturated rings. The van der Waals surface area contributed by atoms with Crippen LogP contribution < -0.4 is 5.69 Å². The summed E-state index contributed by atoms with van der Waals surface area (Å²) < 4.78 is 1.88. The third-order valence-electron chi connectivity index (χ3n) is 7.17. The number of carbonyl (C=O) groups is 1. The number of carbonyl (C=O) groups excluding carboxylic acids is 1. The van der Waals surface area contributed by atoms with Gasteiger partial charge in [0.1, 0.15) is 0 Å². The van der Waals surface area contributed by atoms with E-state index >= 15 is 0 Å². The molecule has 6 nitrogen and oxygen atoms in total. The molecule has 2 heterocycles. The molecule has 186 valence electrons. The minimum Gasteiger partial charge on any atom is -0.343 e. The molecule has 1 aliphatic rings. The number of para-hydroxylation sites is 2. The van der Waals surface area contributed by atoms with Crippen molar-refractivity contribution in [2.75, 3.05) is 19.6 Å². The van der Waals surface area contributed by atoms with Crippen LogP contribution in [0.4, 0.5) is 0 Å². The number of nitrogens with one attached hydrogen (secondary N) is 1. The van der Waals surface area contributed by atoms with Crippen molar-refractivity contribution in [3.63, 3.8) is 0 Å². The van der Waals surface area contributed by atoms with E-state index in [0.717, 1.165) is 49.9 Å². The third-order valence-corrected chi connectivity index (χ3v) is 7.17. The Labute approximate surface area is 212 Å². The van der Waals surface area contributed by atoms with Crippen LogP contribution in [0, 0.1) is 0 Å². The Morgan fingerprint density at radius 1 is 0.833 bits per heavy atom. The van der Waals surface area contributed by atoms with E-state index < -0.39 is 0 Å². The van der Waals surface area contributed by atoms with Crippen LogP contribution >= 0.6 is 0 Å². The zero-order valence-corrected chi connectivity index (χ0v) is 20.7. The monoisotopic (exact) mass is 482 g/mol.